The molecule has 0 radical (unpaired) electrons. The van der Waals surface area contributed by atoms with Gasteiger partial charge in [-0.3, -0.25) is 10.00 Å². The molecule has 0 unspecified atom stereocenters. The number of imidazole rings is 1. The molecule has 130 valence electrons. The summed E-state index contributed by atoms with van der Waals surface area (Å²) in [6, 6.07) is 11.6. The first-order valence-corrected chi connectivity index (χ1v) is 8.21. The molecule has 7 heteroatoms. The summed E-state index contributed by atoms with van der Waals surface area (Å²) in [5.41, 5.74) is 2.94. The van der Waals surface area contributed by atoms with Crippen LogP contribution in [0.15, 0.2) is 42.6 Å². The van der Waals surface area contributed by atoms with E-state index in [1.54, 1.807) is 22.8 Å². The number of urea groups is 1. The number of aryl methyl sites for hydroxylation is 2. The van der Waals surface area contributed by atoms with E-state index in [2.05, 4.69) is 20.4 Å². The van der Waals surface area contributed by atoms with Crippen LogP contribution in [0.5, 0.6) is 0 Å². The Morgan fingerprint density at radius 3 is 2.76 bits per heavy atom. The number of nitrogens with zero attached hydrogens (tertiary/aromatic N) is 4. The summed E-state index contributed by atoms with van der Waals surface area (Å²) < 4.78 is 1.67. The van der Waals surface area contributed by atoms with E-state index in [9.17, 15) is 4.79 Å². The van der Waals surface area contributed by atoms with Crippen LogP contribution in [0.4, 0.5) is 10.6 Å². The number of H-pyrrole nitrogens is 1. The van der Waals surface area contributed by atoms with E-state index < -0.39 is 0 Å². The van der Waals surface area contributed by atoms with Crippen LogP contribution in [0.3, 0.4) is 0 Å². The molecule has 0 fully saturated rings. The summed E-state index contributed by atoms with van der Waals surface area (Å²) in [6.45, 7) is 2.42. The number of anilines is 1. The molecule has 2 amide bonds. The molecule has 0 atom stereocenters. The Morgan fingerprint density at radius 2 is 2.08 bits per heavy atom. The van der Waals surface area contributed by atoms with E-state index in [0.29, 0.717) is 12.4 Å². The van der Waals surface area contributed by atoms with Crippen molar-refractivity contribution in [3.63, 3.8) is 0 Å². The number of carbonyl (C=O) groups excluding carboxylic acids is 1. The van der Waals surface area contributed by atoms with Crippen LogP contribution in [0.1, 0.15) is 18.4 Å². The fraction of sp³-hybridized carbons (Fsp3) is 0.278. The van der Waals surface area contributed by atoms with Crippen molar-refractivity contribution in [2.75, 3.05) is 12.4 Å². The normalized spacial score (nSPS) is 10.7. The van der Waals surface area contributed by atoms with Crippen LogP contribution in [-0.4, -0.2) is 37.7 Å². The molecule has 2 heterocycles. The number of hydrogen-bond donors (Lipinski definition) is 2. The summed E-state index contributed by atoms with van der Waals surface area (Å²) in [6.07, 6.45) is 2.61. The van der Waals surface area contributed by atoms with E-state index in [4.69, 9.17) is 0 Å². The average Bonchev–Trinajstić information content (AvgIpc) is 3.22. The fourth-order valence-electron chi connectivity index (χ4n) is 2.53. The standard InChI is InChI=1S/C18H22N6O/c1-4-14-10-17(24(3)22-14)21-18(25)23(2)12-16-19-11-15(20-16)13-8-6-5-7-9-13/h5-11H,4,12H2,1-3H3,(H,19,20)(H,21,25). The molecular formula is C18H22N6O. The fourth-order valence-corrected chi connectivity index (χ4v) is 2.53. The first-order chi connectivity index (χ1) is 12.1. The molecule has 0 aliphatic rings. The average molecular weight is 338 g/mol. The van der Waals surface area contributed by atoms with E-state index in [1.165, 1.54) is 0 Å². The van der Waals surface area contributed by atoms with Gasteiger partial charge in [-0.2, -0.15) is 5.10 Å². The van der Waals surface area contributed by atoms with E-state index >= 15 is 0 Å². The summed E-state index contributed by atoms with van der Waals surface area (Å²) in [5.74, 6) is 1.41. The lowest BCUT2D eigenvalue weighted by atomic mass is 10.2. The molecular weight excluding hydrogens is 316 g/mol. The highest BCUT2D eigenvalue weighted by Crippen LogP contribution is 2.17. The van der Waals surface area contributed by atoms with Gasteiger partial charge in [-0.25, -0.2) is 9.78 Å². The largest absolute Gasteiger partial charge is 0.341 e. The maximum atomic E-state index is 12.4. The topological polar surface area (TPSA) is 78.8 Å². The second-order valence-electron chi connectivity index (χ2n) is 5.89. The van der Waals surface area contributed by atoms with Crippen molar-refractivity contribution in [2.24, 2.45) is 7.05 Å². The minimum Gasteiger partial charge on any atom is -0.341 e. The van der Waals surface area contributed by atoms with Gasteiger partial charge in [0.1, 0.15) is 11.6 Å². The Morgan fingerprint density at radius 1 is 1.32 bits per heavy atom. The van der Waals surface area contributed by atoms with Gasteiger partial charge >= 0.3 is 6.03 Å². The van der Waals surface area contributed by atoms with Gasteiger partial charge in [0.2, 0.25) is 0 Å². The molecule has 0 spiro atoms. The van der Waals surface area contributed by atoms with Gasteiger partial charge in [0.05, 0.1) is 24.1 Å². The number of hydrogen-bond acceptors (Lipinski definition) is 3. The smallest absolute Gasteiger partial charge is 0.323 e. The lowest BCUT2D eigenvalue weighted by Crippen LogP contribution is -2.31. The quantitative estimate of drug-likeness (QED) is 0.750. The summed E-state index contributed by atoms with van der Waals surface area (Å²) in [7, 11) is 3.55. The maximum absolute atomic E-state index is 12.4. The summed E-state index contributed by atoms with van der Waals surface area (Å²) >= 11 is 0. The van der Waals surface area contributed by atoms with Gasteiger partial charge < -0.3 is 9.88 Å². The minimum absolute atomic E-state index is 0.205. The zero-order chi connectivity index (χ0) is 17.8. The van der Waals surface area contributed by atoms with Crippen LogP contribution in [0.2, 0.25) is 0 Å². The zero-order valence-electron chi connectivity index (χ0n) is 14.7. The number of aromatic nitrogens is 4. The molecule has 3 rings (SSSR count). The van der Waals surface area contributed by atoms with Crippen molar-refractivity contribution < 1.29 is 4.79 Å². The minimum atomic E-state index is -0.205. The van der Waals surface area contributed by atoms with Crippen LogP contribution < -0.4 is 5.32 Å². The lowest BCUT2D eigenvalue weighted by Gasteiger charge is -2.16. The van der Waals surface area contributed by atoms with Crippen molar-refractivity contribution in [1.82, 2.24) is 24.6 Å². The van der Waals surface area contributed by atoms with Crippen molar-refractivity contribution in [2.45, 2.75) is 19.9 Å². The molecule has 0 saturated heterocycles. The SMILES string of the molecule is CCc1cc(NC(=O)N(C)Cc2ncc(-c3ccccc3)[nH]2)n(C)n1. The second-order valence-corrected chi connectivity index (χ2v) is 5.89. The van der Waals surface area contributed by atoms with Gasteiger partial charge in [0.25, 0.3) is 0 Å². The Kier molecular flexibility index (Phi) is 4.83. The van der Waals surface area contributed by atoms with Crippen LogP contribution in [-0.2, 0) is 20.0 Å². The third-order valence-electron chi connectivity index (χ3n) is 3.97. The first-order valence-electron chi connectivity index (χ1n) is 8.21. The van der Waals surface area contributed by atoms with Crippen molar-refractivity contribution in [3.05, 3.63) is 54.1 Å². The molecule has 0 bridgehead atoms. The number of nitrogens with one attached hydrogen (secondary N) is 2. The molecule has 0 saturated carbocycles. The van der Waals surface area contributed by atoms with Crippen LogP contribution in [0.25, 0.3) is 11.3 Å². The Labute approximate surface area is 146 Å². The molecule has 2 N–H and O–H groups in total. The molecule has 25 heavy (non-hydrogen) atoms. The third kappa shape index (κ3) is 3.88. The molecule has 0 aliphatic carbocycles. The Balaban J connectivity index is 1.63. The monoisotopic (exact) mass is 338 g/mol. The number of carbonyl (C=O) groups is 1. The van der Waals surface area contributed by atoms with E-state index in [-0.39, 0.29) is 6.03 Å². The summed E-state index contributed by atoms with van der Waals surface area (Å²) in [5, 5.41) is 7.20. The van der Waals surface area contributed by atoms with Gasteiger partial charge in [0.15, 0.2) is 0 Å². The van der Waals surface area contributed by atoms with Crippen molar-refractivity contribution >= 4 is 11.8 Å². The van der Waals surface area contributed by atoms with E-state index in [1.807, 2.05) is 50.4 Å². The highest BCUT2D eigenvalue weighted by atomic mass is 16.2. The number of amides is 2. The second kappa shape index (κ2) is 7.21. The van der Waals surface area contributed by atoms with E-state index in [0.717, 1.165) is 29.2 Å². The predicted molar refractivity (Wildman–Crippen MR) is 97.1 cm³/mol. The number of rotatable bonds is 5. The lowest BCUT2D eigenvalue weighted by molar-refractivity contribution is 0.219. The first kappa shape index (κ1) is 16.8. The summed E-state index contributed by atoms with van der Waals surface area (Å²) in [4.78, 5) is 21.6. The third-order valence-corrected chi connectivity index (χ3v) is 3.97. The number of aromatic amines is 1. The Bertz CT molecular complexity index is 852. The van der Waals surface area contributed by atoms with Crippen LogP contribution >= 0.6 is 0 Å². The molecule has 1 aromatic carbocycles. The molecule has 7 nitrogen and oxygen atoms in total. The van der Waals surface area contributed by atoms with Gasteiger partial charge in [-0.1, -0.05) is 37.3 Å². The van der Waals surface area contributed by atoms with Crippen molar-refractivity contribution in [3.8, 4) is 11.3 Å². The zero-order valence-corrected chi connectivity index (χ0v) is 14.7. The maximum Gasteiger partial charge on any atom is 0.323 e. The van der Waals surface area contributed by atoms with Gasteiger partial charge in [0, 0.05) is 20.2 Å². The molecule has 3 aromatic rings. The molecule has 2 aromatic heterocycles. The highest BCUT2D eigenvalue weighted by molar-refractivity contribution is 5.88. The predicted octanol–water partition coefficient (Wildman–Crippen LogP) is 3.04. The number of benzene rings is 1. The van der Waals surface area contributed by atoms with Gasteiger partial charge in [-0.15, -0.1) is 0 Å². The van der Waals surface area contributed by atoms with Crippen LogP contribution in [0, 0.1) is 0 Å². The van der Waals surface area contributed by atoms with Gasteiger partial charge in [-0.05, 0) is 12.0 Å². The molecule has 0 aliphatic heterocycles. The highest BCUT2D eigenvalue weighted by Gasteiger charge is 2.14. The van der Waals surface area contributed by atoms with Crippen molar-refractivity contribution in [1.29, 1.82) is 0 Å². The Hall–Kier alpha value is -3.09.